The molecular formula is C12H19F2N3O4. The Balaban J connectivity index is 3.00. The Morgan fingerprint density at radius 3 is 2.48 bits per heavy atom. The van der Waals surface area contributed by atoms with Gasteiger partial charge >= 0.3 is 6.09 Å². The Hall–Kier alpha value is -1.77. The van der Waals surface area contributed by atoms with E-state index in [0.717, 1.165) is 5.01 Å². The second-order valence-corrected chi connectivity index (χ2v) is 5.80. The van der Waals surface area contributed by atoms with Crippen molar-refractivity contribution >= 4 is 18.3 Å². The lowest BCUT2D eigenvalue weighted by molar-refractivity contribution is -0.131. The van der Waals surface area contributed by atoms with Gasteiger partial charge in [-0.15, -0.1) is 0 Å². The summed E-state index contributed by atoms with van der Waals surface area (Å²) in [6.07, 6.45) is -1.43. The zero-order valence-electron chi connectivity index (χ0n) is 12.1. The van der Waals surface area contributed by atoms with Crippen LogP contribution in [0.5, 0.6) is 0 Å². The van der Waals surface area contributed by atoms with Crippen LogP contribution in [-0.4, -0.2) is 59.0 Å². The number of amides is 2. The average Bonchev–Trinajstić information content (AvgIpc) is 2.59. The molecular weight excluding hydrogens is 288 g/mol. The van der Waals surface area contributed by atoms with Gasteiger partial charge in [-0.2, -0.15) is 5.01 Å². The molecule has 0 aromatic carbocycles. The molecule has 0 aliphatic carbocycles. The van der Waals surface area contributed by atoms with E-state index < -0.39 is 49.1 Å². The molecule has 0 aromatic rings. The summed E-state index contributed by atoms with van der Waals surface area (Å²) in [6.45, 7) is 3.39. The zero-order valence-corrected chi connectivity index (χ0v) is 12.1. The highest BCUT2D eigenvalue weighted by Gasteiger charge is 2.51. The summed E-state index contributed by atoms with van der Waals surface area (Å²) in [4.78, 5) is 34.0. The lowest BCUT2D eigenvalue weighted by atomic mass is 10.2. The molecule has 1 heterocycles. The monoisotopic (exact) mass is 307 g/mol. The summed E-state index contributed by atoms with van der Waals surface area (Å²) in [5.41, 5.74) is 4.22. The maximum atomic E-state index is 13.5. The van der Waals surface area contributed by atoms with Gasteiger partial charge in [0.15, 0.2) is 0 Å². The molecule has 0 radical (unpaired) electrons. The Labute approximate surface area is 121 Å². The molecule has 1 saturated heterocycles. The molecule has 120 valence electrons. The van der Waals surface area contributed by atoms with Gasteiger partial charge in [-0.05, 0) is 20.8 Å². The van der Waals surface area contributed by atoms with E-state index >= 15 is 0 Å². The SMILES string of the molecule is CC(C)(C)OC(=O)N(CC=O)N1CC(F)(F)CC1C(N)=O. The van der Waals surface area contributed by atoms with E-state index in [-0.39, 0.29) is 0 Å². The van der Waals surface area contributed by atoms with Crippen molar-refractivity contribution in [1.82, 2.24) is 10.0 Å². The van der Waals surface area contributed by atoms with Crippen molar-refractivity contribution in [2.75, 3.05) is 13.1 Å². The van der Waals surface area contributed by atoms with Gasteiger partial charge in [0.25, 0.3) is 5.92 Å². The van der Waals surface area contributed by atoms with Gasteiger partial charge in [-0.3, -0.25) is 4.79 Å². The van der Waals surface area contributed by atoms with Crippen LogP contribution in [0.15, 0.2) is 0 Å². The predicted molar refractivity (Wildman–Crippen MR) is 68.3 cm³/mol. The van der Waals surface area contributed by atoms with Crippen LogP contribution < -0.4 is 5.73 Å². The number of aldehydes is 1. The van der Waals surface area contributed by atoms with Crippen molar-refractivity contribution in [3.63, 3.8) is 0 Å². The van der Waals surface area contributed by atoms with Crippen molar-refractivity contribution in [3.05, 3.63) is 0 Å². The number of hydrogen-bond acceptors (Lipinski definition) is 5. The molecule has 1 unspecified atom stereocenters. The minimum Gasteiger partial charge on any atom is -0.443 e. The fourth-order valence-electron chi connectivity index (χ4n) is 1.97. The quantitative estimate of drug-likeness (QED) is 0.765. The highest BCUT2D eigenvalue weighted by atomic mass is 19.3. The zero-order chi connectivity index (χ0) is 16.4. The number of hydrazine groups is 1. The van der Waals surface area contributed by atoms with Crippen LogP contribution >= 0.6 is 0 Å². The number of ether oxygens (including phenoxy) is 1. The molecule has 9 heteroatoms. The smallest absolute Gasteiger partial charge is 0.425 e. The van der Waals surface area contributed by atoms with Gasteiger partial charge in [0.05, 0.1) is 13.1 Å². The van der Waals surface area contributed by atoms with E-state index in [1.807, 2.05) is 0 Å². The molecule has 21 heavy (non-hydrogen) atoms. The molecule has 1 atom stereocenters. The molecule has 1 fully saturated rings. The second-order valence-electron chi connectivity index (χ2n) is 5.80. The van der Waals surface area contributed by atoms with Crippen molar-refractivity contribution in [1.29, 1.82) is 0 Å². The first-order chi connectivity index (χ1) is 9.47. The maximum Gasteiger partial charge on any atom is 0.425 e. The normalized spacial score (nSPS) is 21.9. The number of hydrogen-bond donors (Lipinski definition) is 1. The van der Waals surface area contributed by atoms with Crippen LogP contribution in [0.3, 0.4) is 0 Å². The highest BCUT2D eigenvalue weighted by molar-refractivity contribution is 5.81. The number of rotatable bonds is 4. The van der Waals surface area contributed by atoms with Gasteiger partial charge in [0.2, 0.25) is 5.91 Å². The molecule has 2 amide bonds. The largest absolute Gasteiger partial charge is 0.443 e. The number of nitrogens with zero attached hydrogens (tertiary/aromatic N) is 2. The summed E-state index contributed by atoms with van der Waals surface area (Å²) in [5, 5.41) is 1.49. The minimum absolute atomic E-state index is 0.360. The number of nitrogens with two attached hydrogens (primary N) is 1. The summed E-state index contributed by atoms with van der Waals surface area (Å²) in [7, 11) is 0. The molecule has 0 saturated carbocycles. The van der Waals surface area contributed by atoms with Crippen molar-refractivity contribution in [2.24, 2.45) is 5.73 Å². The van der Waals surface area contributed by atoms with Crippen LogP contribution in [0.25, 0.3) is 0 Å². The molecule has 0 spiro atoms. The van der Waals surface area contributed by atoms with Crippen molar-refractivity contribution < 1.29 is 27.9 Å². The standard InChI is InChI=1S/C12H19F2N3O4/c1-11(2,3)21-10(20)16(4-5-18)17-7-12(13,14)6-8(17)9(15)19/h5,8H,4,6-7H2,1-3H3,(H2,15,19). The first kappa shape index (κ1) is 17.3. The molecule has 1 aliphatic rings. The van der Waals surface area contributed by atoms with Gasteiger partial charge in [0.1, 0.15) is 17.9 Å². The summed E-state index contributed by atoms with van der Waals surface area (Å²) >= 11 is 0. The van der Waals surface area contributed by atoms with Crippen LogP contribution in [0, 0.1) is 0 Å². The third-order valence-corrected chi connectivity index (χ3v) is 2.74. The summed E-state index contributed by atoms with van der Waals surface area (Å²) in [6, 6.07) is -1.37. The van der Waals surface area contributed by atoms with Crippen LogP contribution in [0.4, 0.5) is 13.6 Å². The Morgan fingerprint density at radius 1 is 1.48 bits per heavy atom. The Morgan fingerprint density at radius 2 is 2.05 bits per heavy atom. The minimum atomic E-state index is -3.18. The van der Waals surface area contributed by atoms with Crippen LogP contribution in [0.2, 0.25) is 0 Å². The lowest BCUT2D eigenvalue weighted by Crippen LogP contribution is -2.54. The Bertz CT molecular complexity index is 437. The third kappa shape index (κ3) is 4.62. The maximum absolute atomic E-state index is 13.5. The van der Waals surface area contributed by atoms with Crippen molar-refractivity contribution in [3.8, 4) is 0 Å². The number of halogens is 2. The summed E-state index contributed by atoms with van der Waals surface area (Å²) < 4.78 is 32.0. The van der Waals surface area contributed by atoms with Gasteiger partial charge in [0, 0.05) is 6.42 Å². The molecule has 7 nitrogen and oxygen atoms in total. The van der Waals surface area contributed by atoms with Crippen molar-refractivity contribution in [2.45, 2.75) is 44.8 Å². The Kier molecular flexibility index (Phi) is 4.87. The first-order valence-corrected chi connectivity index (χ1v) is 6.35. The van der Waals surface area contributed by atoms with E-state index in [4.69, 9.17) is 10.5 Å². The third-order valence-electron chi connectivity index (χ3n) is 2.74. The molecule has 2 N–H and O–H groups in total. The molecule has 0 aromatic heterocycles. The fourth-order valence-corrected chi connectivity index (χ4v) is 1.97. The van der Waals surface area contributed by atoms with E-state index in [1.165, 1.54) is 0 Å². The highest BCUT2D eigenvalue weighted by Crippen LogP contribution is 2.33. The predicted octanol–water partition coefficient (Wildman–Crippen LogP) is 0.532. The van der Waals surface area contributed by atoms with Crippen LogP contribution in [-0.2, 0) is 14.3 Å². The number of carbonyl (C=O) groups excluding carboxylic acids is 3. The molecule has 1 aliphatic heterocycles. The molecule has 1 rings (SSSR count). The van der Waals surface area contributed by atoms with E-state index in [0.29, 0.717) is 11.3 Å². The number of alkyl halides is 2. The first-order valence-electron chi connectivity index (χ1n) is 6.35. The topological polar surface area (TPSA) is 92.9 Å². The fraction of sp³-hybridized carbons (Fsp3) is 0.750. The van der Waals surface area contributed by atoms with Gasteiger partial charge in [-0.25, -0.2) is 18.6 Å². The molecule has 0 bridgehead atoms. The lowest BCUT2D eigenvalue weighted by Gasteiger charge is -2.34. The van der Waals surface area contributed by atoms with Gasteiger partial charge in [-0.1, -0.05) is 0 Å². The summed E-state index contributed by atoms with van der Waals surface area (Å²) in [5.74, 6) is -4.17. The van der Waals surface area contributed by atoms with Crippen LogP contribution in [0.1, 0.15) is 27.2 Å². The number of primary amides is 1. The average molecular weight is 307 g/mol. The second kappa shape index (κ2) is 5.92. The van der Waals surface area contributed by atoms with E-state index in [2.05, 4.69) is 0 Å². The van der Waals surface area contributed by atoms with E-state index in [9.17, 15) is 23.2 Å². The van der Waals surface area contributed by atoms with Gasteiger partial charge < -0.3 is 15.3 Å². The number of carbonyl (C=O) groups is 3. The van der Waals surface area contributed by atoms with E-state index in [1.54, 1.807) is 20.8 Å².